The van der Waals surface area contributed by atoms with Gasteiger partial charge in [-0.25, -0.2) is 10.4 Å². The first kappa shape index (κ1) is 38.3. The molecule has 1 aromatic carbocycles. The third-order valence-electron chi connectivity index (χ3n) is 7.87. The molecule has 1 aromatic heterocycles. The first-order chi connectivity index (χ1) is 21.8. The molecule has 0 bridgehead atoms. The Morgan fingerprint density at radius 1 is 1.15 bits per heavy atom. The highest BCUT2D eigenvalue weighted by molar-refractivity contribution is 6.67. The van der Waals surface area contributed by atoms with Gasteiger partial charge in [0.25, 0.3) is 11.5 Å². The maximum Gasteiger partial charge on any atom is 0.325 e. The molecule has 0 aliphatic carbocycles. The van der Waals surface area contributed by atoms with E-state index in [1.807, 2.05) is 6.92 Å². The monoisotopic (exact) mass is 712 g/mol. The number of aromatic nitrogens is 2. The van der Waals surface area contributed by atoms with Crippen LogP contribution in [-0.2, 0) is 37.4 Å². The van der Waals surface area contributed by atoms with Gasteiger partial charge in [0, 0.05) is 20.0 Å². The Bertz CT molecular complexity index is 1590. The van der Waals surface area contributed by atoms with E-state index in [-0.39, 0.29) is 11.5 Å². The van der Waals surface area contributed by atoms with Gasteiger partial charge in [-0.3, -0.25) is 33.5 Å². The smallest absolute Gasteiger partial charge is 0.325 e. The van der Waals surface area contributed by atoms with Crippen molar-refractivity contribution in [3.63, 3.8) is 0 Å². The van der Waals surface area contributed by atoms with Gasteiger partial charge in [-0.05, 0) is 57.2 Å². The van der Waals surface area contributed by atoms with Gasteiger partial charge in [0.1, 0.15) is 30.6 Å². The van der Waals surface area contributed by atoms with Crippen molar-refractivity contribution >= 4 is 75.5 Å². The number of hydrogen-bond acceptors (Lipinski definition) is 8. The van der Waals surface area contributed by atoms with Gasteiger partial charge in [-0.1, -0.05) is 73.8 Å². The number of halogens is 3. The lowest BCUT2D eigenvalue weighted by atomic mass is 9.89. The van der Waals surface area contributed by atoms with E-state index in [1.165, 1.54) is 11.9 Å². The predicted molar refractivity (Wildman–Crippen MR) is 183 cm³/mol. The minimum Gasteiger partial charge on any atom is -0.460 e. The molecule has 15 heteroatoms. The topological polar surface area (TPSA) is 152 Å². The zero-order chi connectivity index (χ0) is 35.3. The molecule has 12 nitrogen and oxygen atoms in total. The summed E-state index contributed by atoms with van der Waals surface area (Å²) in [4.78, 5) is 69.6. The van der Waals surface area contributed by atoms with Gasteiger partial charge in [-0.2, -0.15) is 0 Å². The molecule has 3 unspecified atom stereocenters. The van der Waals surface area contributed by atoms with Crippen LogP contribution in [0.3, 0.4) is 0 Å². The van der Waals surface area contributed by atoms with Crippen molar-refractivity contribution in [2.24, 2.45) is 18.4 Å². The first-order valence-corrected chi connectivity index (χ1v) is 16.6. The van der Waals surface area contributed by atoms with Crippen molar-refractivity contribution in [1.82, 2.24) is 30.6 Å². The van der Waals surface area contributed by atoms with Crippen LogP contribution in [0.15, 0.2) is 29.1 Å². The summed E-state index contributed by atoms with van der Waals surface area (Å²) < 4.78 is 4.81. The molecule has 2 heterocycles. The Morgan fingerprint density at radius 2 is 1.83 bits per heavy atom. The summed E-state index contributed by atoms with van der Waals surface area (Å²) in [6.07, 6.45) is 5.03. The number of hydrogen-bond donors (Lipinski definition) is 3. The second-order valence-electron chi connectivity index (χ2n) is 12.5. The van der Waals surface area contributed by atoms with Crippen LogP contribution in [0.5, 0.6) is 0 Å². The number of nitrogens with one attached hydrogen (secondary N) is 3. The number of carbonyl (C=O) groups excluding carboxylic acids is 4. The fraction of sp³-hybridized carbons (Fsp3) is 0.562. The maximum atomic E-state index is 13.4. The molecule has 1 aliphatic heterocycles. The Kier molecular flexibility index (Phi) is 12.9. The van der Waals surface area contributed by atoms with Crippen molar-refractivity contribution in [3.05, 3.63) is 46.0 Å². The van der Waals surface area contributed by atoms with E-state index in [0.717, 1.165) is 5.56 Å². The van der Waals surface area contributed by atoms with Crippen molar-refractivity contribution < 1.29 is 23.9 Å². The number of esters is 1. The molecule has 0 spiro atoms. The number of nitrogens with zero attached hydrogens (tertiary/aromatic N) is 3. The molecule has 0 saturated carbocycles. The maximum absolute atomic E-state index is 13.4. The van der Waals surface area contributed by atoms with Crippen LogP contribution in [0.1, 0.15) is 65.8 Å². The van der Waals surface area contributed by atoms with Crippen LogP contribution in [0.4, 0.5) is 0 Å². The highest BCUT2D eigenvalue weighted by atomic mass is 35.6. The molecule has 47 heavy (non-hydrogen) atoms. The molecular formula is C32H43Cl3N6O6. The molecule has 3 rings (SSSR count). The summed E-state index contributed by atoms with van der Waals surface area (Å²) in [5, 5.41) is 7.29. The van der Waals surface area contributed by atoms with Gasteiger partial charge in [0.2, 0.25) is 15.6 Å². The van der Waals surface area contributed by atoms with E-state index in [1.54, 1.807) is 69.7 Å². The van der Waals surface area contributed by atoms with Crippen LogP contribution in [-0.4, -0.2) is 73.3 Å². The molecule has 3 amide bonds. The minimum atomic E-state index is -1.76. The first-order valence-electron chi connectivity index (χ1n) is 15.5. The summed E-state index contributed by atoms with van der Waals surface area (Å²) in [5.41, 5.74) is 3.03. The van der Waals surface area contributed by atoms with Crippen molar-refractivity contribution in [1.29, 1.82) is 0 Å². The van der Waals surface area contributed by atoms with E-state index < -0.39 is 57.6 Å². The van der Waals surface area contributed by atoms with E-state index in [9.17, 15) is 24.0 Å². The lowest BCUT2D eigenvalue weighted by molar-refractivity contribution is -0.152. The number of rotatable bonds is 11. The normalized spacial score (nSPS) is 17.1. The van der Waals surface area contributed by atoms with Crippen molar-refractivity contribution in [3.8, 4) is 0 Å². The van der Waals surface area contributed by atoms with Crippen LogP contribution in [0.25, 0.3) is 17.0 Å². The Balaban J connectivity index is 1.64. The van der Waals surface area contributed by atoms with Gasteiger partial charge in [-0.15, -0.1) is 0 Å². The van der Waals surface area contributed by atoms with Gasteiger partial charge < -0.3 is 15.4 Å². The molecule has 3 atom stereocenters. The lowest BCUT2D eigenvalue weighted by Gasteiger charge is -2.35. The molecular weight excluding hydrogens is 671 g/mol. The zero-order valence-corrected chi connectivity index (χ0v) is 29.9. The molecule has 1 fully saturated rings. The predicted octanol–water partition coefficient (Wildman–Crippen LogP) is 3.59. The van der Waals surface area contributed by atoms with Crippen LogP contribution in [0.2, 0.25) is 0 Å². The molecule has 258 valence electrons. The average molecular weight is 714 g/mol. The molecule has 1 aliphatic rings. The number of hydrazine groups is 1. The fourth-order valence-electron chi connectivity index (χ4n) is 4.96. The van der Waals surface area contributed by atoms with Crippen molar-refractivity contribution in [2.45, 2.75) is 82.7 Å². The van der Waals surface area contributed by atoms with E-state index in [0.29, 0.717) is 42.5 Å². The van der Waals surface area contributed by atoms with E-state index in [4.69, 9.17) is 39.5 Å². The Morgan fingerprint density at radius 3 is 2.45 bits per heavy atom. The average Bonchev–Trinajstić information content (AvgIpc) is 3.01. The largest absolute Gasteiger partial charge is 0.460 e. The second-order valence-corrected chi connectivity index (χ2v) is 15.1. The summed E-state index contributed by atoms with van der Waals surface area (Å²) in [5.74, 6) is -1.68. The van der Waals surface area contributed by atoms with Crippen LogP contribution < -0.4 is 21.6 Å². The second kappa shape index (κ2) is 15.8. The Hall–Kier alpha value is -3.19. The van der Waals surface area contributed by atoms with Gasteiger partial charge in [0.05, 0.1) is 16.3 Å². The molecule has 0 radical (unpaired) electrons. The van der Waals surface area contributed by atoms with Gasteiger partial charge in [0.15, 0.2) is 0 Å². The number of ether oxygens (including phenoxy) is 1. The number of aryl methyl sites for hydroxylation is 1. The summed E-state index contributed by atoms with van der Waals surface area (Å²) >= 11 is 17.0. The van der Waals surface area contributed by atoms with Crippen LogP contribution >= 0.6 is 34.8 Å². The quantitative estimate of drug-likeness (QED) is 0.236. The minimum absolute atomic E-state index is 0.120. The number of benzene rings is 1. The summed E-state index contributed by atoms with van der Waals surface area (Å²) in [6.45, 7) is 10.3. The fourth-order valence-corrected chi connectivity index (χ4v) is 5.13. The number of carbonyl (C=O) groups is 4. The number of fused-ring (bicyclic) bond motifs is 1. The SMILES string of the molecule is CCc1nc2cc(/C=C/C(C)(C)C(=O)NC(C(=O)NC(C)C(=O)N3CCCC(C(=O)OCC(Cl)(Cl)Cl)N3)C(C)C)ccc2c(=O)n1C. The van der Waals surface area contributed by atoms with Crippen LogP contribution in [0, 0.1) is 11.3 Å². The van der Waals surface area contributed by atoms with E-state index in [2.05, 4.69) is 21.0 Å². The number of alkyl halides is 3. The summed E-state index contributed by atoms with van der Waals surface area (Å²) in [7, 11) is 1.70. The zero-order valence-electron chi connectivity index (χ0n) is 27.7. The highest BCUT2D eigenvalue weighted by Gasteiger charge is 2.35. The Labute approximate surface area is 289 Å². The molecule has 2 aromatic rings. The molecule has 1 saturated heterocycles. The highest BCUT2D eigenvalue weighted by Crippen LogP contribution is 2.26. The summed E-state index contributed by atoms with van der Waals surface area (Å²) in [6, 6.07) is 2.58. The lowest BCUT2D eigenvalue weighted by Crippen LogP contribution is -2.61. The standard InChI is InChI=1S/C32H43Cl3N6O6/c1-8-24-37-23-16-20(11-12-21(23)28(44)40(24)7)13-14-31(5,6)30(46)38-25(18(2)3)26(42)36-19(4)27(43)41-15-9-10-22(39-41)29(45)47-17-32(33,34)35/h11-14,16,18-19,22,25,39H,8-10,15,17H2,1-7H3,(H,36,42)(H,38,46)/b14-13+. The number of amides is 3. The van der Waals surface area contributed by atoms with Crippen molar-refractivity contribution in [2.75, 3.05) is 13.2 Å². The van der Waals surface area contributed by atoms with E-state index >= 15 is 0 Å². The van der Waals surface area contributed by atoms with Gasteiger partial charge >= 0.3 is 5.97 Å². The third-order valence-corrected chi connectivity index (χ3v) is 8.19. The molecule has 3 N–H and O–H groups in total. The third kappa shape index (κ3) is 10.2.